The van der Waals surface area contributed by atoms with E-state index in [1.807, 2.05) is 18.2 Å². The number of nitrogen functional groups attached to an aromatic ring is 1. The van der Waals surface area contributed by atoms with Gasteiger partial charge in [0, 0.05) is 18.4 Å². The molecule has 2 aromatic heterocycles. The Morgan fingerprint density at radius 1 is 1.32 bits per heavy atom. The molecule has 8 nitrogen and oxygen atoms in total. The van der Waals surface area contributed by atoms with Gasteiger partial charge in [-0.05, 0) is 36.2 Å². The summed E-state index contributed by atoms with van der Waals surface area (Å²) in [6.07, 6.45) is 2.21. The van der Waals surface area contributed by atoms with Gasteiger partial charge < -0.3 is 16.4 Å². The summed E-state index contributed by atoms with van der Waals surface area (Å²) in [7, 11) is 0. The van der Waals surface area contributed by atoms with Crippen LogP contribution in [0.3, 0.4) is 0 Å². The number of anilines is 2. The van der Waals surface area contributed by atoms with Gasteiger partial charge in [0.2, 0.25) is 5.91 Å². The topological polar surface area (TPSA) is 122 Å². The fraction of sp³-hybridized carbons (Fsp3) is 0.222. The lowest BCUT2D eigenvalue weighted by Gasteiger charge is -2.27. The first-order chi connectivity index (χ1) is 13.4. The summed E-state index contributed by atoms with van der Waals surface area (Å²) >= 11 is 7.14. The first kappa shape index (κ1) is 18.5. The Bertz CT molecular complexity index is 1070. The predicted molar refractivity (Wildman–Crippen MR) is 109 cm³/mol. The number of thiophene rings is 1. The smallest absolute Gasteiger partial charge is 0.320 e. The number of hydrogen-bond acceptors (Lipinski definition) is 6. The number of aromatic nitrogens is 2. The molecule has 1 aliphatic rings. The largest absolute Gasteiger partial charge is 0.383 e. The maximum absolute atomic E-state index is 12.6. The van der Waals surface area contributed by atoms with Crippen LogP contribution in [0.4, 0.5) is 15.6 Å². The number of carbonyl (C=O) groups excluding carboxylic acids is 2. The van der Waals surface area contributed by atoms with Gasteiger partial charge >= 0.3 is 6.03 Å². The SMILES string of the molecule is Nc1ncnc2cc(C[C@@]3(NC(=O)Nc4ccc(Cl)s4)CCNC3=O)ccc12. The van der Waals surface area contributed by atoms with Crippen LogP contribution >= 0.6 is 22.9 Å². The lowest BCUT2D eigenvalue weighted by Crippen LogP contribution is -2.56. The molecule has 1 aliphatic heterocycles. The summed E-state index contributed by atoms with van der Waals surface area (Å²) in [6, 6.07) is 8.51. The number of nitrogens with one attached hydrogen (secondary N) is 3. The minimum absolute atomic E-state index is 0.214. The number of carbonyl (C=O) groups is 2. The molecule has 144 valence electrons. The third-order valence-corrected chi connectivity index (χ3v) is 5.82. The van der Waals surface area contributed by atoms with Gasteiger partial charge in [-0.2, -0.15) is 0 Å². The van der Waals surface area contributed by atoms with E-state index in [0.29, 0.717) is 40.1 Å². The van der Waals surface area contributed by atoms with E-state index < -0.39 is 11.6 Å². The molecule has 0 aliphatic carbocycles. The van der Waals surface area contributed by atoms with E-state index in [0.717, 1.165) is 10.9 Å². The molecule has 3 amide bonds. The van der Waals surface area contributed by atoms with Crippen molar-refractivity contribution in [3.05, 3.63) is 46.6 Å². The maximum atomic E-state index is 12.6. The molecule has 28 heavy (non-hydrogen) atoms. The van der Waals surface area contributed by atoms with Gasteiger partial charge in [0.15, 0.2) is 0 Å². The fourth-order valence-corrected chi connectivity index (χ4v) is 4.27. The van der Waals surface area contributed by atoms with Gasteiger partial charge in [-0.15, -0.1) is 11.3 Å². The van der Waals surface area contributed by atoms with Crippen LogP contribution in [0.15, 0.2) is 36.7 Å². The molecule has 0 bridgehead atoms. The Morgan fingerprint density at radius 2 is 2.18 bits per heavy atom. The van der Waals surface area contributed by atoms with Crippen LogP contribution in [0.1, 0.15) is 12.0 Å². The van der Waals surface area contributed by atoms with Crippen molar-refractivity contribution >= 4 is 56.6 Å². The van der Waals surface area contributed by atoms with E-state index in [2.05, 4.69) is 25.9 Å². The van der Waals surface area contributed by atoms with Crippen molar-refractivity contribution in [1.82, 2.24) is 20.6 Å². The quantitative estimate of drug-likeness (QED) is 0.520. The van der Waals surface area contributed by atoms with E-state index in [-0.39, 0.29) is 5.91 Å². The zero-order chi connectivity index (χ0) is 19.7. The van der Waals surface area contributed by atoms with Crippen molar-refractivity contribution in [3.8, 4) is 0 Å². The van der Waals surface area contributed by atoms with Crippen LogP contribution in [0.25, 0.3) is 10.9 Å². The highest BCUT2D eigenvalue weighted by molar-refractivity contribution is 7.20. The Labute approximate surface area is 169 Å². The van der Waals surface area contributed by atoms with Crippen molar-refractivity contribution in [2.75, 3.05) is 17.6 Å². The summed E-state index contributed by atoms with van der Waals surface area (Å²) in [5.41, 5.74) is 6.38. The molecule has 1 aromatic carbocycles. The van der Waals surface area contributed by atoms with Crippen LogP contribution in [0, 0.1) is 0 Å². The molecule has 10 heteroatoms. The van der Waals surface area contributed by atoms with Crippen molar-refractivity contribution in [2.24, 2.45) is 0 Å². The van der Waals surface area contributed by atoms with Crippen molar-refractivity contribution in [2.45, 2.75) is 18.4 Å². The number of nitrogens with two attached hydrogens (primary N) is 1. The number of nitrogens with zero attached hydrogens (tertiary/aromatic N) is 2. The summed E-state index contributed by atoms with van der Waals surface area (Å²) < 4.78 is 0.570. The van der Waals surface area contributed by atoms with Gasteiger partial charge in [-0.25, -0.2) is 14.8 Å². The molecule has 0 unspecified atom stereocenters. The molecule has 0 radical (unpaired) electrons. The zero-order valence-electron chi connectivity index (χ0n) is 14.7. The first-order valence-electron chi connectivity index (χ1n) is 8.57. The van der Waals surface area contributed by atoms with Gasteiger partial charge in [0.25, 0.3) is 0 Å². The molecule has 3 heterocycles. The minimum atomic E-state index is -1.04. The summed E-state index contributed by atoms with van der Waals surface area (Å²) in [4.78, 5) is 33.3. The third-order valence-electron chi connectivity index (χ3n) is 4.67. The molecule has 3 aromatic rings. The average Bonchev–Trinajstić information content (AvgIpc) is 3.21. The van der Waals surface area contributed by atoms with Crippen LogP contribution in [0.5, 0.6) is 0 Å². The molecule has 0 saturated carbocycles. The number of fused-ring (bicyclic) bond motifs is 1. The number of halogens is 1. The Morgan fingerprint density at radius 3 is 2.89 bits per heavy atom. The average molecular weight is 417 g/mol. The van der Waals surface area contributed by atoms with Crippen LogP contribution in [-0.2, 0) is 11.2 Å². The highest BCUT2D eigenvalue weighted by atomic mass is 35.5. The highest BCUT2D eigenvalue weighted by Gasteiger charge is 2.43. The minimum Gasteiger partial charge on any atom is -0.383 e. The van der Waals surface area contributed by atoms with Gasteiger partial charge in [-0.3, -0.25) is 10.1 Å². The summed E-state index contributed by atoms with van der Waals surface area (Å²) in [5.74, 6) is 0.186. The van der Waals surface area contributed by atoms with E-state index in [4.69, 9.17) is 17.3 Å². The molecular weight excluding hydrogens is 400 g/mol. The van der Waals surface area contributed by atoms with Crippen molar-refractivity contribution in [1.29, 1.82) is 0 Å². The molecule has 0 spiro atoms. The van der Waals surface area contributed by atoms with E-state index in [9.17, 15) is 9.59 Å². The van der Waals surface area contributed by atoms with Gasteiger partial charge in [-0.1, -0.05) is 17.7 Å². The van der Waals surface area contributed by atoms with Crippen molar-refractivity contribution < 1.29 is 9.59 Å². The Balaban J connectivity index is 1.57. The number of hydrogen-bond donors (Lipinski definition) is 4. The normalized spacial score (nSPS) is 18.8. The fourth-order valence-electron chi connectivity index (χ4n) is 3.33. The highest BCUT2D eigenvalue weighted by Crippen LogP contribution is 2.28. The molecule has 4 rings (SSSR count). The third kappa shape index (κ3) is 3.58. The number of benzene rings is 1. The second-order valence-corrected chi connectivity index (χ2v) is 8.27. The number of urea groups is 1. The second kappa shape index (κ2) is 7.25. The lowest BCUT2D eigenvalue weighted by molar-refractivity contribution is -0.124. The van der Waals surface area contributed by atoms with Crippen LogP contribution in [-0.4, -0.2) is 34.0 Å². The molecular formula is C18H17ClN6O2S. The van der Waals surface area contributed by atoms with Crippen LogP contribution < -0.4 is 21.7 Å². The zero-order valence-corrected chi connectivity index (χ0v) is 16.2. The van der Waals surface area contributed by atoms with E-state index >= 15 is 0 Å². The Kier molecular flexibility index (Phi) is 4.78. The van der Waals surface area contributed by atoms with Crippen molar-refractivity contribution in [3.63, 3.8) is 0 Å². The monoisotopic (exact) mass is 416 g/mol. The summed E-state index contributed by atoms with van der Waals surface area (Å²) in [5, 5.41) is 9.73. The van der Waals surface area contributed by atoms with Crippen LogP contribution in [0.2, 0.25) is 4.34 Å². The summed E-state index contributed by atoms with van der Waals surface area (Å²) in [6.45, 7) is 0.493. The molecule has 1 fully saturated rings. The molecule has 1 atom stereocenters. The number of amides is 3. The lowest BCUT2D eigenvalue weighted by atomic mass is 9.89. The van der Waals surface area contributed by atoms with Gasteiger partial charge in [0.1, 0.15) is 17.7 Å². The maximum Gasteiger partial charge on any atom is 0.320 e. The second-order valence-electron chi connectivity index (χ2n) is 6.56. The standard InChI is InChI=1S/C18H17ClN6O2S/c19-13-3-4-14(28-13)24-17(27)25-18(5-6-21-16(18)26)8-10-1-2-11-12(7-10)22-9-23-15(11)20/h1-4,7,9H,5-6,8H2,(H,21,26)(H2,20,22,23)(H2,24,25,27)/t18-/m0/s1. The molecule has 5 N–H and O–H groups in total. The molecule has 1 saturated heterocycles. The predicted octanol–water partition coefficient (Wildman–Crippen LogP) is 2.55. The van der Waals surface area contributed by atoms with E-state index in [1.165, 1.54) is 17.7 Å². The first-order valence-corrected chi connectivity index (χ1v) is 9.77. The Hall–Kier alpha value is -2.91. The van der Waals surface area contributed by atoms with E-state index in [1.54, 1.807) is 12.1 Å². The van der Waals surface area contributed by atoms with Gasteiger partial charge in [0.05, 0.1) is 14.9 Å². The number of rotatable bonds is 4.